The lowest BCUT2D eigenvalue weighted by atomic mass is 10.0. The third kappa shape index (κ3) is 4.53. The predicted molar refractivity (Wildman–Crippen MR) is 77.6 cm³/mol. The highest BCUT2D eigenvalue weighted by Gasteiger charge is 2.17. The fourth-order valence-corrected chi connectivity index (χ4v) is 2.85. The summed E-state index contributed by atoms with van der Waals surface area (Å²) in [5, 5.41) is 3.51. The van der Waals surface area contributed by atoms with Gasteiger partial charge in [0.25, 0.3) is 0 Å². The Morgan fingerprint density at radius 2 is 2.15 bits per heavy atom. The molecule has 1 aliphatic heterocycles. The molecule has 0 saturated carbocycles. The molecule has 0 aliphatic carbocycles. The molecule has 1 aromatic carbocycles. The average Bonchev–Trinajstić information content (AvgIpc) is 2.44. The molecule has 0 radical (unpaired) electrons. The summed E-state index contributed by atoms with van der Waals surface area (Å²) in [6.45, 7) is 5.48. The highest BCUT2D eigenvalue weighted by Crippen LogP contribution is 2.15. The number of hydrogen-bond donors (Lipinski definition) is 1. The van der Waals surface area contributed by atoms with E-state index in [0.717, 1.165) is 26.1 Å². The minimum atomic E-state index is -0.367. The second-order valence-corrected chi connectivity index (χ2v) is 5.62. The largest absolute Gasteiger partial charge is 0.313 e. The molecule has 1 N–H and O–H groups in total. The van der Waals surface area contributed by atoms with Gasteiger partial charge < -0.3 is 5.32 Å². The summed E-state index contributed by atoms with van der Waals surface area (Å²) < 4.78 is 27.0. The molecule has 4 heteroatoms. The standard InChI is InChI=1S/C16H24F2N2/c1-2-9-20(12-15-5-3-4-8-19-15)11-13-10-14(17)6-7-16(13)18/h6-7,10,15,19H,2-5,8-9,11-12H2,1H3. The Morgan fingerprint density at radius 1 is 1.30 bits per heavy atom. The second kappa shape index (κ2) is 7.70. The minimum Gasteiger partial charge on any atom is -0.313 e. The molecule has 0 bridgehead atoms. The van der Waals surface area contributed by atoms with E-state index < -0.39 is 0 Å². The Bertz CT molecular complexity index is 417. The van der Waals surface area contributed by atoms with Gasteiger partial charge in [0.15, 0.2) is 0 Å². The number of piperidine rings is 1. The Hall–Kier alpha value is -1.00. The van der Waals surface area contributed by atoms with Gasteiger partial charge in [-0.05, 0) is 50.6 Å². The van der Waals surface area contributed by atoms with E-state index in [4.69, 9.17) is 0 Å². The highest BCUT2D eigenvalue weighted by molar-refractivity contribution is 5.18. The first kappa shape index (κ1) is 15.4. The van der Waals surface area contributed by atoms with Gasteiger partial charge in [-0.15, -0.1) is 0 Å². The molecule has 2 rings (SSSR count). The first-order valence-electron chi connectivity index (χ1n) is 7.58. The zero-order valence-electron chi connectivity index (χ0n) is 12.2. The summed E-state index contributed by atoms with van der Waals surface area (Å²) in [5.74, 6) is -0.683. The number of hydrogen-bond acceptors (Lipinski definition) is 2. The maximum absolute atomic E-state index is 13.7. The van der Waals surface area contributed by atoms with Gasteiger partial charge in [0, 0.05) is 24.7 Å². The van der Waals surface area contributed by atoms with Gasteiger partial charge in [0.05, 0.1) is 0 Å². The van der Waals surface area contributed by atoms with Crippen molar-refractivity contribution in [1.82, 2.24) is 10.2 Å². The molecule has 1 fully saturated rings. The fourth-order valence-electron chi connectivity index (χ4n) is 2.85. The molecule has 1 heterocycles. The minimum absolute atomic E-state index is 0.316. The lowest BCUT2D eigenvalue weighted by molar-refractivity contribution is 0.214. The van der Waals surface area contributed by atoms with Crippen LogP contribution in [0.15, 0.2) is 18.2 Å². The Kier molecular flexibility index (Phi) is 5.92. The SMILES string of the molecule is CCCN(Cc1cc(F)ccc1F)CC1CCCCN1. The van der Waals surface area contributed by atoms with Crippen LogP contribution in [0.1, 0.15) is 38.2 Å². The highest BCUT2D eigenvalue weighted by atomic mass is 19.1. The van der Waals surface area contributed by atoms with E-state index in [9.17, 15) is 8.78 Å². The van der Waals surface area contributed by atoms with Crippen LogP contribution < -0.4 is 5.32 Å². The van der Waals surface area contributed by atoms with Crippen molar-refractivity contribution >= 4 is 0 Å². The summed E-state index contributed by atoms with van der Waals surface area (Å²) in [5.41, 5.74) is 0.453. The molecule has 1 aliphatic rings. The predicted octanol–water partition coefficient (Wildman–Crippen LogP) is 3.32. The van der Waals surface area contributed by atoms with E-state index in [-0.39, 0.29) is 11.6 Å². The van der Waals surface area contributed by atoms with Crippen molar-refractivity contribution in [2.75, 3.05) is 19.6 Å². The zero-order chi connectivity index (χ0) is 14.4. The third-order valence-corrected chi connectivity index (χ3v) is 3.83. The lowest BCUT2D eigenvalue weighted by Crippen LogP contribution is -2.43. The van der Waals surface area contributed by atoms with Gasteiger partial charge in [-0.3, -0.25) is 4.90 Å². The lowest BCUT2D eigenvalue weighted by Gasteiger charge is -2.30. The van der Waals surface area contributed by atoms with Crippen LogP contribution in [0.2, 0.25) is 0 Å². The van der Waals surface area contributed by atoms with Gasteiger partial charge >= 0.3 is 0 Å². The fraction of sp³-hybridized carbons (Fsp3) is 0.625. The van der Waals surface area contributed by atoms with E-state index >= 15 is 0 Å². The van der Waals surface area contributed by atoms with E-state index in [2.05, 4.69) is 17.1 Å². The first-order valence-corrected chi connectivity index (χ1v) is 7.58. The molecule has 1 saturated heterocycles. The Balaban J connectivity index is 1.98. The van der Waals surface area contributed by atoms with Crippen LogP contribution in [0.25, 0.3) is 0 Å². The normalized spacial score (nSPS) is 19.5. The van der Waals surface area contributed by atoms with Crippen molar-refractivity contribution in [2.45, 2.75) is 45.2 Å². The van der Waals surface area contributed by atoms with Crippen molar-refractivity contribution in [2.24, 2.45) is 0 Å². The summed E-state index contributed by atoms with van der Waals surface area (Å²) in [6, 6.07) is 4.18. The maximum atomic E-state index is 13.7. The monoisotopic (exact) mass is 282 g/mol. The molecule has 1 aromatic rings. The Morgan fingerprint density at radius 3 is 2.85 bits per heavy atom. The average molecular weight is 282 g/mol. The molecule has 20 heavy (non-hydrogen) atoms. The van der Waals surface area contributed by atoms with Gasteiger partial charge in [0.2, 0.25) is 0 Å². The van der Waals surface area contributed by atoms with E-state index in [1.165, 1.54) is 37.5 Å². The second-order valence-electron chi connectivity index (χ2n) is 5.62. The molecule has 0 amide bonds. The van der Waals surface area contributed by atoms with Crippen LogP contribution in [0, 0.1) is 11.6 Å². The topological polar surface area (TPSA) is 15.3 Å². The van der Waals surface area contributed by atoms with Crippen molar-refractivity contribution in [3.63, 3.8) is 0 Å². The molecule has 1 atom stereocenters. The van der Waals surface area contributed by atoms with Gasteiger partial charge in [-0.1, -0.05) is 13.3 Å². The number of halogens is 2. The molecular weight excluding hydrogens is 258 g/mol. The van der Waals surface area contributed by atoms with Crippen LogP contribution in [-0.4, -0.2) is 30.6 Å². The number of rotatable bonds is 6. The van der Waals surface area contributed by atoms with Gasteiger partial charge in [-0.2, -0.15) is 0 Å². The third-order valence-electron chi connectivity index (χ3n) is 3.83. The van der Waals surface area contributed by atoms with Crippen LogP contribution >= 0.6 is 0 Å². The molecular formula is C16H24F2N2. The van der Waals surface area contributed by atoms with E-state index in [1.54, 1.807) is 0 Å². The van der Waals surface area contributed by atoms with Gasteiger partial charge in [-0.25, -0.2) is 8.78 Å². The van der Waals surface area contributed by atoms with Crippen LogP contribution in [0.5, 0.6) is 0 Å². The Labute approximate surface area is 120 Å². The summed E-state index contributed by atoms with van der Waals surface area (Å²) >= 11 is 0. The number of benzene rings is 1. The summed E-state index contributed by atoms with van der Waals surface area (Å²) in [7, 11) is 0. The van der Waals surface area contributed by atoms with E-state index in [0.29, 0.717) is 18.2 Å². The molecule has 112 valence electrons. The summed E-state index contributed by atoms with van der Waals surface area (Å²) in [6.07, 6.45) is 4.68. The number of nitrogens with zero attached hydrogens (tertiary/aromatic N) is 1. The molecule has 1 unspecified atom stereocenters. The van der Waals surface area contributed by atoms with Crippen molar-refractivity contribution in [1.29, 1.82) is 0 Å². The quantitative estimate of drug-likeness (QED) is 0.861. The maximum Gasteiger partial charge on any atom is 0.127 e. The van der Waals surface area contributed by atoms with Crippen molar-refractivity contribution in [3.05, 3.63) is 35.4 Å². The van der Waals surface area contributed by atoms with Gasteiger partial charge in [0.1, 0.15) is 11.6 Å². The zero-order valence-corrected chi connectivity index (χ0v) is 12.2. The smallest absolute Gasteiger partial charge is 0.127 e. The van der Waals surface area contributed by atoms with Crippen LogP contribution in [0.3, 0.4) is 0 Å². The van der Waals surface area contributed by atoms with E-state index in [1.807, 2.05) is 0 Å². The molecule has 0 spiro atoms. The summed E-state index contributed by atoms with van der Waals surface area (Å²) in [4.78, 5) is 2.22. The molecule has 0 aromatic heterocycles. The van der Waals surface area contributed by atoms with Crippen LogP contribution in [0.4, 0.5) is 8.78 Å². The van der Waals surface area contributed by atoms with Crippen LogP contribution in [-0.2, 0) is 6.54 Å². The molecule has 2 nitrogen and oxygen atoms in total. The van der Waals surface area contributed by atoms with Crippen molar-refractivity contribution in [3.8, 4) is 0 Å². The number of nitrogens with one attached hydrogen (secondary N) is 1. The van der Waals surface area contributed by atoms with Crippen molar-refractivity contribution < 1.29 is 8.78 Å². The first-order chi connectivity index (χ1) is 9.69.